The average molecular weight is 672 g/mol. The summed E-state index contributed by atoms with van der Waals surface area (Å²) >= 11 is 0. The van der Waals surface area contributed by atoms with E-state index in [2.05, 4.69) is 10.2 Å². The second-order valence-electron chi connectivity index (χ2n) is 12.6. The van der Waals surface area contributed by atoms with E-state index in [0.29, 0.717) is 51.8 Å². The number of carbonyl (C=O) groups is 3. The molecule has 3 amide bonds. The molecule has 0 aromatic carbocycles. The first-order valence-corrected chi connectivity index (χ1v) is 16.0. The fourth-order valence-electron chi connectivity index (χ4n) is 6.29. The SMILES string of the molecule is CCN(C(=O)CN1CCN(CC(=O)N2C=CCC2)CC1)C(CNC(=O)C1C=C(C(F)(F)F)C=C(C(F)(F)F)C1)C1=CC=C(C)C(C)C1. The largest absolute Gasteiger partial charge is 0.416 e. The Labute approximate surface area is 271 Å². The van der Waals surface area contributed by atoms with Gasteiger partial charge in [0.2, 0.25) is 17.7 Å². The topological polar surface area (TPSA) is 76.2 Å². The van der Waals surface area contributed by atoms with Gasteiger partial charge in [-0.05, 0) is 50.7 Å². The third-order valence-electron chi connectivity index (χ3n) is 9.32. The average Bonchev–Trinajstić information content (AvgIpc) is 3.56. The molecule has 4 rings (SSSR count). The third kappa shape index (κ3) is 9.59. The van der Waals surface area contributed by atoms with Crippen LogP contribution in [-0.4, -0.2) is 115 Å². The molecule has 2 aliphatic carbocycles. The minimum atomic E-state index is -5.05. The highest BCUT2D eigenvalue weighted by atomic mass is 19.4. The highest BCUT2D eigenvalue weighted by Gasteiger charge is 2.43. The Kier molecular flexibility index (Phi) is 11.8. The summed E-state index contributed by atoms with van der Waals surface area (Å²) in [5.74, 6) is -2.68. The fraction of sp³-hybridized carbons (Fsp3) is 0.606. The molecule has 8 nitrogen and oxygen atoms in total. The van der Waals surface area contributed by atoms with Crippen LogP contribution in [0.15, 0.2) is 58.9 Å². The van der Waals surface area contributed by atoms with Crippen molar-refractivity contribution < 1.29 is 40.7 Å². The van der Waals surface area contributed by atoms with Gasteiger partial charge < -0.3 is 15.1 Å². The summed E-state index contributed by atoms with van der Waals surface area (Å²) in [6, 6.07) is -0.650. The quantitative estimate of drug-likeness (QED) is 0.344. The third-order valence-corrected chi connectivity index (χ3v) is 9.32. The summed E-state index contributed by atoms with van der Waals surface area (Å²) in [5.41, 5.74) is -0.971. The molecule has 14 heteroatoms. The Morgan fingerprint density at radius 2 is 1.62 bits per heavy atom. The van der Waals surface area contributed by atoms with E-state index >= 15 is 0 Å². The smallest absolute Gasteiger partial charge is 0.353 e. The summed E-state index contributed by atoms with van der Waals surface area (Å²) in [6.07, 6.45) is -1.41. The lowest BCUT2D eigenvalue weighted by molar-refractivity contribution is -0.136. The van der Waals surface area contributed by atoms with Gasteiger partial charge in [-0.15, -0.1) is 0 Å². The van der Waals surface area contributed by atoms with E-state index in [1.54, 1.807) is 22.9 Å². The van der Waals surface area contributed by atoms with Gasteiger partial charge in [0.1, 0.15) is 0 Å². The maximum atomic E-state index is 13.7. The van der Waals surface area contributed by atoms with Crippen molar-refractivity contribution in [2.24, 2.45) is 11.8 Å². The van der Waals surface area contributed by atoms with Crippen LogP contribution in [0.4, 0.5) is 26.3 Å². The molecule has 2 aliphatic heterocycles. The van der Waals surface area contributed by atoms with Gasteiger partial charge in [0.15, 0.2) is 0 Å². The zero-order valence-corrected chi connectivity index (χ0v) is 27.0. The molecule has 0 spiro atoms. The Hall–Kier alpha value is -3.39. The molecule has 3 unspecified atom stereocenters. The van der Waals surface area contributed by atoms with Crippen molar-refractivity contribution in [1.29, 1.82) is 0 Å². The first kappa shape index (κ1) is 36.4. The predicted molar refractivity (Wildman–Crippen MR) is 165 cm³/mol. The normalized spacial score (nSPS) is 23.5. The maximum absolute atomic E-state index is 13.7. The van der Waals surface area contributed by atoms with E-state index in [0.717, 1.165) is 17.6 Å². The number of nitrogens with zero attached hydrogens (tertiary/aromatic N) is 4. The van der Waals surface area contributed by atoms with Gasteiger partial charge in [0.25, 0.3) is 0 Å². The van der Waals surface area contributed by atoms with Crippen molar-refractivity contribution in [3.63, 3.8) is 0 Å². The van der Waals surface area contributed by atoms with Crippen molar-refractivity contribution in [1.82, 2.24) is 24.9 Å². The number of carbonyl (C=O) groups excluding carboxylic acids is 3. The minimum Gasteiger partial charge on any atom is -0.353 e. The molecule has 1 N–H and O–H groups in total. The monoisotopic (exact) mass is 671 g/mol. The number of alkyl halides is 6. The van der Waals surface area contributed by atoms with Crippen molar-refractivity contribution in [2.45, 2.75) is 58.4 Å². The minimum absolute atomic E-state index is 0.0357. The summed E-state index contributed by atoms with van der Waals surface area (Å²) in [4.78, 5) is 46.8. The highest BCUT2D eigenvalue weighted by Crippen LogP contribution is 2.40. The molecule has 1 fully saturated rings. The van der Waals surface area contributed by atoms with Crippen LogP contribution in [0, 0.1) is 11.8 Å². The van der Waals surface area contributed by atoms with Crippen LogP contribution in [0.3, 0.4) is 0 Å². The summed E-state index contributed by atoms with van der Waals surface area (Å²) < 4.78 is 80.7. The van der Waals surface area contributed by atoms with Gasteiger partial charge in [-0.2, -0.15) is 26.3 Å². The van der Waals surface area contributed by atoms with Gasteiger partial charge >= 0.3 is 12.4 Å². The molecule has 0 radical (unpaired) electrons. The number of allylic oxidation sites excluding steroid dienone is 6. The van der Waals surface area contributed by atoms with Gasteiger partial charge in [0, 0.05) is 57.6 Å². The van der Waals surface area contributed by atoms with Crippen LogP contribution < -0.4 is 5.32 Å². The van der Waals surface area contributed by atoms with Gasteiger partial charge in [-0.3, -0.25) is 24.2 Å². The van der Waals surface area contributed by atoms with Crippen LogP contribution in [0.2, 0.25) is 0 Å². The van der Waals surface area contributed by atoms with Crippen molar-refractivity contribution in [3.8, 4) is 0 Å². The number of hydrogen-bond acceptors (Lipinski definition) is 5. The lowest BCUT2D eigenvalue weighted by Crippen LogP contribution is -2.54. The van der Waals surface area contributed by atoms with E-state index in [1.165, 1.54) is 0 Å². The molecule has 3 atom stereocenters. The lowest BCUT2D eigenvalue weighted by Gasteiger charge is -2.38. The number of halogens is 6. The van der Waals surface area contributed by atoms with E-state index in [-0.39, 0.29) is 43.4 Å². The summed E-state index contributed by atoms with van der Waals surface area (Å²) in [5, 5.41) is 2.58. The van der Waals surface area contributed by atoms with E-state index in [1.807, 2.05) is 37.0 Å². The van der Waals surface area contributed by atoms with Crippen molar-refractivity contribution in [2.75, 3.05) is 58.9 Å². The maximum Gasteiger partial charge on any atom is 0.416 e. The van der Waals surface area contributed by atoms with Crippen LogP contribution in [-0.2, 0) is 14.4 Å². The van der Waals surface area contributed by atoms with Crippen LogP contribution >= 0.6 is 0 Å². The van der Waals surface area contributed by atoms with Crippen molar-refractivity contribution in [3.05, 3.63) is 58.9 Å². The lowest BCUT2D eigenvalue weighted by atomic mass is 9.85. The van der Waals surface area contributed by atoms with E-state index in [4.69, 9.17) is 0 Å². The zero-order chi connectivity index (χ0) is 34.5. The Morgan fingerprint density at radius 3 is 2.17 bits per heavy atom. The predicted octanol–water partition coefficient (Wildman–Crippen LogP) is 4.59. The molecule has 0 aromatic rings. The molecular formula is C33H43F6N5O3. The Balaban J connectivity index is 1.43. The first-order chi connectivity index (χ1) is 22.1. The standard InChI is InChI=1S/C33H43F6N5O3/c1-4-44(30(46)21-42-13-11-41(12-14-42)20-29(45)43-9-5-6-10-43)28(24-8-7-22(2)23(3)15-24)19-40-31(47)25-16-26(32(34,35)36)18-27(17-25)33(37,38)39/h5,7-9,16,18,23,25,28H,4,6,10-15,17,19-21H2,1-3H3,(H,40,47). The second kappa shape index (κ2) is 15.2. The van der Waals surface area contributed by atoms with Crippen LogP contribution in [0.1, 0.15) is 40.0 Å². The fourth-order valence-corrected chi connectivity index (χ4v) is 6.29. The molecular weight excluding hydrogens is 628 g/mol. The Morgan fingerprint density at radius 1 is 0.957 bits per heavy atom. The van der Waals surface area contributed by atoms with E-state index < -0.39 is 47.8 Å². The van der Waals surface area contributed by atoms with E-state index in [9.17, 15) is 40.7 Å². The summed E-state index contributed by atoms with van der Waals surface area (Å²) in [7, 11) is 0. The van der Waals surface area contributed by atoms with Gasteiger partial charge in [-0.25, -0.2) is 0 Å². The van der Waals surface area contributed by atoms with Gasteiger partial charge in [-0.1, -0.05) is 36.8 Å². The second-order valence-corrected chi connectivity index (χ2v) is 12.6. The number of piperazine rings is 1. The first-order valence-electron chi connectivity index (χ1n) is 16.0. The zero-order valence-electron chi connectivity index (χ0n) is 27.0. The summed E-state index contributed by atoms with van der Waals surface area (Å²) in [6.45, 7) is 9.33. The molecule has 260 valence electrons. The molecule has 4 aliphatic rings. The molecule has 0 bridgehead atoms. The highest BCUT2D eigenvalue weighted by molar-refractivity contribution is 5.82. The number of nitrogens with one attached hydrogen (secondary N) is 1. The van der Waals surface area contributed by atoms with Crippen LogP contribution in [0.5, 0.6) is 0 Å². The van der Waals surface area contributed by atoms with Gasteiger partial charge in [0.05, 0.1) is 30.6 Å². The molecule has 47 heavy (non-hydrogen) atoms. The number of likely N-dealkylation sites (N-methyl/N-ethyl adjacent to an activating group) is 1. The molecule has 0 aromatic heterocycles. The van der Waals surface area contributed by atoms with Crippen LogP contribution in [0.25, 0.3) is 0 Å². The number of amides is 3. The Bertz CT molecular complexity index is 1340. The number of hydrogen-bond donors (Lipinski definition) is 1. The molecule has 0 saturated carbocycles. The molecule has 2 heterocycles. The van der Waals surface area contributed by atoms with Crippen molar-refractivity contribution >= 4 is 17.7 Å². The number of rotatable bonds is 10. The molecule has 1 saturated heterocycles.